The number of ether oxygens (including phenoxy) is 1. The van der Waals surface area contributed by atoms with Gasteiger partial charge in [0.1, 0.15) is 0 Å². The monoisotopic (exact) mass is 227 g/mol. The minimum absolute atomic E-state index is 0.300. The first kappa shape index (κ1) is 11.9. The van der Waals surface area contributed by atoms with E-state index in [9.17, 15) is 4.79 Å². The molecule has 0 amide bonds. The van der Waals surface area contributed by atoms with Gasteiger partial charge in [0.2, 0.25) is 0 Å². The Hall–Kier alpha value is -0.610. The summed E-state index contributed by atoms with van der Waals surface area (Å²) in [4.78, 5) is 13.1. The highest BCUT2D eigenvalue weighted by atomic mass is 16.5. The van der Waals surface area contributed by atoms with Gasteiger partial charge in [-0.15, -0.1) is 0 Å². The number of carbonyl (C=O) groups is 1. The minimum atomic E-state index is -0.673. The van der Waals surface area contributed by atoms with Crippen molar-refractivity contribution in [3.05, 3.63) is 0 Å². The number of likely N-dealkylation sites (tertiary alicyclic amines) is 1. The van der Waals surface area contributed by atoms with Gasteiger partial charge in [0.25, 0.3) is 0 Å². The Morgan fingerprint density at radius 3 is 2.94 bits per heavy atom. The molecule has 2 heterocycles. The van der Waals surface area contributed by atoms with Gasteiger partial charge in [-0.1, -0.05) is 6.42 Å². The van der Waals surface area contributed by atoms with Crippen LogP contribution in [-0.2, 0) is 9.53 Å². The van der Waals surface area contributed by atoms with Crippen molar-refractivity contribution in [1.29, 1.82) is 0 Å². The zero-order chi connectivity index (χ0) is 11.4. The van der Waals surface area contributed by atoms with Crippen molar-refractivity contribution in [1.82, 2.24) is 4.90 Å². The summed E-state index contributed by atoms with van der Waals surface area (Å²) < 4.78 is 5.43. The van der Waals surface area contributed by atoms with Gasteiger partial charge in [0.15, 0.2) is 0 Å². The van der Waals surface area contributed by atoms with E-state index in [4.69, 9.17) is 9.84 Å². The van der Waals surface area contributed by atoms with Gasteiger partial charge < -0.3 is 9.84 Å². The Labute approximate surface area is 96.6 Å². The molecule has 0 spiro atoms. The van der Waals surface area contributed by atoms with Crippen LogP contribution in [0, 0.1) is 0 Å². The van der Waals surface area contributed by atoms with Crippen molar-refractivity contribution in [2.75, 3.05) is 19.8 Å². The first-order chi connectivity index (χ1) is 7.77. The summed E-state index contributed by atoms with van der Waals surface area (Å²) in [5.74, 6) is -0.673. The van der Waals surface area contributed by atoms with Crippen molar-refractivity contribution in [2.45, 2.75) is 50.6 Å². The molecule has 2 rings (SSSR count). The number of carboxylic acids is 1. The average Bonchev–Trinajstić information content (AvgIpc) is 2.80. The standard InChI is InChI=1S/C12H21NO3/c14-12(15)5-4-10-3-1-2-7-13(10)11-6-8-16-9-11/h10-11H,1-9H2,(H,14,15). The van der Waals surface area contributed by atoms with E-state index in [0.717, 1.165) is 39.0 Å². The third kappa shape index (κ3) is 2.95. The number of nitrogens with zero attached hydrogens (tertiary/aromatic N) is 1. The molecule has 2 fully saturated rings. The Bertz CT molecular complexity index is 238. The fraction of sp³-hybridized carbons (Fsp3) is 0.917. The van der Waals surface area contributed by atoms with Crippen molar-refractivity contribution in [2.24, 2.45) is 0 Å². The molecule has 0 aromatic rings. The van der Waals surface area contributed by atoms with Gasteiger partial charge in [0.05, 0.1) is 6.61 Å². The molecule has 2 saturated heterocycles. The van der Waals surface area contributed by atoms with Crippen molar-refractivity contribution < 1.29 is 14.6 Å². The Balaban J connectivity index is 1.88. The fourth-order valence-corrected chi connectivity index (χ4v) is 2.89. The summed E-state index contributed by atoms with van der Waals surface area (Å²) >= 11 is 0. The Morgan fingerprint density at radius 2 is 2.25 bits per heavy atom. The maximum absolute atomic E-state index is 10.6. The van der Waals surface area contributed by atoms with Crippen molar-refractivity contribution in [3.63, 3.8) is 0 Å². The second-order valence-electron chi connectivity index (χ2n) is 4.84. The maximum Gasteiger partial charge on any atom is 0.303 e. The third-order valence-corrected chi connectivity index (χ3v) is 3.74. The molecule has 2 unspecified atom stereocenters. The zero-order valence-corrected chi connectivity index (χ0v) is 9.73. The number of carboxylic acid groups (broad SMARTS) is 1. The SMILES string of the molecule is O=C(O)CCC1CCCCN1C1CCOC1. The molecule has 2 aliphatic rings. The summed E-state index contributed by atoms with van der Waals surface area (Å²) in [6.07, 6.45) is 5.86. The van der Waals surface area contributed by atoms with Gasteiger partial charge in [-0.2, -0.15) is 0 Å². The molecule has 0 saturated carbocycles. The lowest BCUT2D eigenvalue weighted by atomic mass is 9.95. The van der Waals surface area contributed by atoms with Gasteiger partial charge in [-0.25, -0.2) is 0 Å². The number of aliphatic carboxylic acids is 1. The van der Waals surface area contributed by atoms with E-state index in [0.29, 0.717) is 18.5 Å². The number of rotatable bonds is 4. The molecule has 0 aliphatic carbocycles. The highest BCUT2D eigenvalue weighted by Gasteiger charge is 2.31. The third-order valence-electron chi connectivity index (χ3n) is 3.74. The topological polar surface area (TPSA) is 49.8 Å². The number of hydrogen-bond acceptors (Lipinski definition) is 3. The van der Waals surface area contributed by atoms with Crippen LogP contribution in [0.25, 0.3) is 0 Å². The lowest BCUT2D eigenvalue weighted by Gasteiger charge is -2.39. The summed E-state index contributed by atoms with van der Waals surface area (Å²) in [5.41, 5.74) is 0. The molecule has 4 heteroatoms. The van der Waals surface area contributed by atoms with E-state index in [1.54, 1.807) is 0 Å². The molecule has 2 aliphatic heterocycles. The molecular formula is C12H21NO3. The molecule has 92 valence electrons. The van der Waals surface area contributed by atoms with Gasteiger partial charge in [0, 0.05) is 25.1 Å². The molecule has 16 heavy (non-hydrogen) atoms. The first-order valence-corrected chi connectivity index (χ1v) is 6.32. The van der Waals surface area contributed by atoms with Crippen molar-refractivity contribution >= 4 is 5.97 Å². The molecule has 0 bridgehead atoms. The van der Waals surface area contributed by atoms with E-state index in [2.05, 4.69) is 4.90 Å². The van der Waals surface area contributed by atoms with E-state index in [1.165, 1.54) is 12.8 Å². The van der Waals surface area contributed by atoms with Crippen LogP contribution in [0.5, 0.6) is 0 Å². The largest absolute Gasteiger partial charge is 0.481 e. The summed E-state index contributed by atoms with van der Waals surface area (Å²) in [6, 6.07) is 1.01. The van der Waals surface area contributed by atoms with Crippen LogP contribution < -0.4 is 0 Å². The Kier molecular flexibility index (Phi) is 4.18. The molecule has 4 nitrogen and oxygen atoms in total. The fourth-order valence-electron chi connectivity index (χ4n) is 2.89. The van der Waals surface area contributed by atoms with Gasteiger partial charge in [-0.3, -0.25) is 9.69 Å². The van der Waals surface area contributed by atoms with Gasteiger partial charge >= 0.3 is 5.97 Å². The number of piperidine rings is 1. The van der Waals surface area contributed by atoms with Crippen LogP contribution in [0.3, 0.4) is 0 Å². The minimum Gasteiger partial charge on any atom is -0.481 e. The van der Waals surface area contributed by atoms with Crippen LogP contribution in [0.2, 0.25) is 0 Å². The number of hydrogen-bond donors (Lipinski definition) is 1. The normalized spacial score (nSPS) is 31.8. The molecule has 0 radical (unpaired) electrons. The predicted molar refractivity (Wildman–Crippen MR) is 60.4 cm³/mol. The predicted octanol–water partition coefficient (Wildman–Crippen LogP) is 1.49. The summed E-state index contributed by atoms with van der Waals surface area (Å²) in [5, 5.41) is 8.75. The average molecular weight is 227 g/mol. The van der Waals surface area contributed by atoms with E-state index in [-0.39, 0.29) is 0 Å². The highest BCUT2D eigenvalue weighted by molar-refractivity contribution is 5.66. The van der Waals surface area contributed by atoms with Crippen LogP contribution >= 0.6 is 0 Å². The Morgan fingerprint density at radius 1 is 1.38 bits per heavy atom. The molecule has 2 atom stereocenters. The molecule has 0 aromatic heterocycles. The van der Waals surface area contributed by atoms with Crippen LogP contribution in [-0.4, -0.2) is 47.8 Å². The second kappa shape index (κ2) is 5.64. The first-order valence-electron chi connectivity index (χ1n) is 6.32. The lowest BCUT2D eigenvalue weighted by molar-refractivity contribution is -0.137. The quantitative estimate of drug-likeness (QED) is 0.790. The second-order valence-corrected chi connectivity index (χ2v) is 4.84. The van der Waals surface area contributed by atoms with Crippen LogP contribution in [0.1, 0.15) is 38.5 Å². The highest BCUT2D eigenvalue weighted by Crippen LogP contribution is 2.26. The molecule has 0 aromatic carbocycles. The van der Waals surface area contributed by atoms with E-state index in [1.807, 2.05) is 0 Å². The van der Waals surface area contributed by atoms with Crippen LogP contribution in [0.4, 0.5) is 0 Å². The lowest BCUT2D eigenvalue weighted by Crippen LogP contribution is -2.46. The summed E-state index contributed by atoms with van der Waals surface area (Å²) in [7, 11) is 0. The van der Waals surface area contributed by atoms with Crippen LogP contribution in [0.15, 0.2) is 0 Å². The van der Waals surface area contributed by atoms with E-state index >= 15 is 0 Å². The molecular weight excluding hydrogens is 206 g/mol. The molecule has 1 N–H and O–H groups in total. The zero-order valence-electron chi connectivity index (χ0n) is 9.73. The summed E-state index contributed by atoms with van der Waals surface area (Å²) in [6.45, 7) is 2.83. The van der Waals surface area contributed by atoms with E-state index < -0.39 is 5.97 Å². The maximum atomic E-state index is 10.6. The van der Waals surface area contributed by atoms with Gasteiger partial charge in [-0.05, 0) is 32.2 Å². The smallest absolute Gasteiger partial charge is 0.303 e. The van der Waals surface area contributed by atoms with Crippen molar-refractivity contribution in [3.8, 4) is 0 Å².